The van der Waals surface area contributed by atoms with Gasteiger partial charge in [0.2, 0.25) is 6.79 Å². The molecule has 2 aliphatic rings. The number of amides is 3. The molecular weight excluding hydrogens is 432 g/mol. The SMILES string of the molecule is CC(C)NC(=O)N(C)CC(=O)N1N=C(c2ccccc2Cl)CC1c1ccc2c(c1)OCO2. The van der Waals surface area contributed by atoms with Crippen LogP contribution in [-0.2, 0) is 4.79 Å². The van der Waals surface area contributed by atoms with Crippen molar-refractivity contribution < 1.29 is 19.1 Å². The lowest BCUT2D eigenvalue weighted by molar-refractivity contribution is -0.133. The smallest absolute Gasteiger partial charge is 0.317 e. The summed E-state index contributed by atoms with van der Waals surface area (Å²) in [6, 6.07) is 12.3. The van der Waals surface area contributed by atoms with Crippen LogP contribution in [0.4, 0.5) is 4.79 Å². The van der Waals surface area contributed by atoms with Gasteiger partial charge in [0.15, 0.2) is 11.5 Å². The zero-order chi connectivity index (χ0) is 22.8. The monoisotopic (exact) mass is 456 g/mol. The topological polar surface area (TPSA) is 83.5 Å². The first-order valence-corrected chi connectivity index (χ1v) is 10.8. The van der Waals surface area contributed by atoms with E-state index in [1.165, 1.54) is 9.91 Å². The Bertz CT molecular complexity index is 1070. The van der Waals surface area contributed by atoms with Crippen LogP contribution in [0.15, 0.2) is 47.6 Å². The fourth-order valence-corrected chi connectivity index (χ4v) is 3.93. The van der Waals surface area contributed by atoms with E-state index in [0.717, 1.165) is 11.1 Å². The Morgan fingerprint density at radius 1 is 1.22 bits per heavy atom. The number of carbonyl (C=O) groups is 2. The number of hydrogen-bond acceptors (Lipinski definition) is 5. The van der Waals surface area contributed by atoms with Crippen LogP contribution in [0, 0.1) is 0 Å². The highest BCUT2D eigenvalue weighted by Crippen LogP contribution is 2.39. The van der Waals surface area contributed by atoms with Crippen LogP contribution in [0.3, 0.4) is 0 Å². The maximum Gasteiger partial charge on any atom is 0.317 e. The molecule has 8 nitrogen and oxygen atoms in total. The van der Waals surface area contributed by atoms with Gasteiger partial charge in [0, 0.05) is 30.1 Å². The van der Waals surface area contributed by atoms with Gasteiger partial charge in [0.05, 0.1) is 11.8 Å². The minimum atomic E-state index is -0.357. The fraction of sp³-hybridized carbons (Fsp3) is 0.348. The summed E-state index contributed by atoms with van der Waals surface area (Å²) in [7, 11) is 1.58. The van der Waals surface area contributed by atoms with Gasteiger partial charge in [-0.15, -0.1) is 0 Å². The van der Waals surface area contributed by atoms with Crippen LogP contribution >= 0.6 is 11.6 Å². The number of nitrogens with zero attached hydrogens (tertiary/aromatic N) is 3. The number of hydrazone groups is 1. The van der Waals surface area contributed by atoms with Crippen molar-refractivity contribution in [3.8, 4) is 11.5 Å². The van der Waals surface area contributed by atoms with Crippen molar-refractivity contribution in [2.24, 2.45) is 5.10 Å². The molecule has 0 fully saturated rings. The van der Waals surface area contributed by atoms with Crippen LogP contribution in [0.2, 0.25) is 5.02 Å². The largest absolute Gasteiger partial charge is 0.454 e. The molecule has 2 aromatic rings. The maximum atomic E-state index is 13.2. The van der Waals surface area contributed by atoms with E-state index in [2.05, 4.69) is 10.4 Å². The second-order valence-corrected chi connectivity index (χ2v) is 8.46. The third-order valence-electron chi connectivity index (χ3n) is 5.26. The van der Waals surface area contributed by atoms with Crippen LogP contribution in [0.5, 0.6) is 11.5 Å². The van der Waals surface area contributed by atoms with Crippen LogP contribution in [0.1, 0.15) is 37.4 Å². The predicted molar refractivity (Wildman–Crippen MR) is 121 cm³/mol. The summed E-state index contributed by atoms with van der Waals surface area (Å²) in [5, 5.41) is 9.42. The van der Waals surface area contributed by atoms with Gasteiger partial charge in [-0.25, -0.2) is 9.80 Å². The van der Waals surface area contributed by atoms with E-state index in [-0.39, 0.29) is 37.4 Å². The highest BCUT2D eigenvalue weighted by atomic mass is 35.5. The van der Waals surface area contributed by atoms with Gasteiger partial charge in [0.1, 0.15) is 6.54 Å². The van der Waals surface area contributed by atoms with Crippen molar-refractivity contribution in [3.05, 3.63) is 58.6 Å². The summed E-state index contributed by atoms with van der Waals surface area (Å²) >= 11 is 6.39. The third-order valence-corrected chi connectivity index (χ3v) is 5.59. The summed E-state index contributed by atoms with van der Waals surface area (Å²) in [4.78, 5) is 26.9. The lowest BCUT2D eigenvalue weighted by Crippen LogP contribution is -2.45. The van der Waals surface area contributed by atoms with Gasteiger partial charge in [-0.2, -0.15) is 5.10 Å². The summed E-state index contributed by atoms with van der Waals surface area (Å²) < 4.78 is 10.9. The van der Waals surface area contributed by atoms with Crippen molar-refractivity contribution in [2.75, 3.05) is 20.4 Å². The van der Waals surface area contributed by atoms with E-state index < -0.39 is 0 Å². The minimum Gasteiger partial charge on any atom is -0.454 e. The standard InChI is InChI=1S/C23H25ClN4O4/c1-14(2)25-23(30)27(3)12-22(29)28-19(15-8-9-20-21(10-15)32-13-31-20)11-18(26-28)16-6-4-5-7-17(16)24/h4-10,14,19H,11-13H2,1-3H3,(H,25,30). The summed E-state index contributed by atoms with van der Waals surface area (Å²) in [6.07, 6.45) is 0.483. The molecule has 1 N–H and O–H groups in total. The van der Waals surface area contributed by atoms with E-state index in [1.807, 2.05) is 50.2 Å². The molecule has 32 heavy (non-hydrogen) atoms. The van der Waals surface area contributed by atoms with E-state index in [9.17, 15) is 9.59 Å². The third kappa shape index (κ3) is 4.50. The number of nitrogens with one attached hydrogen (secondary N) is 1. The molecule has 9 heteroatoms. The lowest BCUT2D eigenvalue weighted by atomic mass is 9.98. The molecule has 2 aliphatic heterocycles. The fourth-order valence-electron chi connectivity index (χ4n) is 3.68. The van der Waals surface area contributed by atoms with Gasteiger partial charge >= 0.3 is 6.03 Å². The summed E-state index contributed by atoms with van der Waals surface area (Å²) in [5.74, 6) is 1.01. The zero-order valence-corrected chi connectivity index (χ0v) is 18.9. The Hall–Kier alpha value is -3.26. The number of fused-ring (bicyclic) bond motifs is 1. The van der Waals surface area contributed by atoms with Crippen LogP contribution < -0.4 is 14.8 Å². The molecule has 4 rings (SSSR count). The molecule has 0 saturated carbocycles. The summed E-state index contributed by atoms with van der Waals surface area (Å²) in [5.41, 5.74) is 2.35. The highest BCUT2D eigenvalue weighted by Gasteiger charge is 2.35. The molecule has 0 radical (unpaired) electrons. The summed E-state index contributed by atoms with van der Waals surface area (Å²) in [6.45, 7) is 3.79. The van der Waals surface area contributed by atoms with Crippen molar-refractivity contribution in [3.63, 3.8) is 0 Å². The van der Waals surface area contributed by atoms with Gasteiger partial charge < -0.3 is 19.7 Å². The van der Waals surface area contributed by atoms with Gasteiger partial charge in [-0.05, 0) is 37.6 Å². The number of carbonyl (C=O) groups excluding carboxylic acids is 2. The average Bonchev–Trinajstić information content (AvgIpc) is 3.40. The molecule has 0 bridgehead atoms. The first kappa shape index (κ1) is 22.0. The maximum absolute atomic E-state index is 13.2. The second-order valence-electron chi connectivity index (χ2n) is 8.06. The van der Waals surface area contributed by atoms with Gasteiger partial charge in [-0.3, -0.25) is 4.79 Å². The van der Waals surface area contributed by atoms with E-state index in [0.29, 0.717) is 28.7 Å². The number of ether oxygens (including phenoxy) is 2. The first-order valence-electron chi connectivity index (χ1n) is 10.4. The zero-order valence-electron chi connectivity index (χ0n) is 18.2. The lowest BCUT2D eigenvalue weighted by Gasteiger charge is -2.25. The predicted octanol–water partition coefficient (Wildman–Crippen LogP) is 3.80. The van der Waals surface area contributed by atoms with E-state index in [1.54, 1.807) is 13.1 Å². The Kier molecular flexibility index (Phi) is 6.23. The highest BCUT2D eigenvalue weighted by molar-refractivity contribution is 6.34. The molecule has 1 atom stereocenters. The molecule has 0 aromatic heterocycles. The molecule has 168 valence electrons. The molecule has 3 amide bonds. The Morgan fingerprint density at radius 2 is 1.97 bits per heavy atom. The number of halogens is 1. The normalized spacial score (nSPS) is 16.8. The second kappa shape index (κ2) is 9.08. The minimum absolute atomic E-state index is 0.0296. The van der Waals surface area contributed by atoms with E-state index in [4.69, 9.17) is 21.1 Å². The van der Waals surface area contributed by atoms with Gasteiger partial charge in [0.25, 0.3) is 5.91 Å². The van der Waals surface area contributed by atoms with Crippen LogP contribution in [-0.4, -0.2) is 54.0 Å². The number of urea groups is 1. The Balaban J connectivity index is 1.62. The quantitative estimate of drug-likeness (QED) is 0.741. The number of hydrogen-bond donors (Lipinski definition) is 1. The first-order chi connectivity index (χ1) is 15.3. The number of likely N-dealkylation sites (N-methyl/N-ethyl adjacent to an activating group) is 1. The molecule has 2 heterocycles. The van der Waals surface area contributed by atoms with Crippen LogP contribution in [0.25, 0.3) is 0 Å². The van der Waals surface area contributed by atoms with Crippen molar-refractivity contribution in [1.29, 1.82) is 0 Å². The Morgan fingerprint density at radius 3 is 2.72 bits per heavy atom. The molecule has 1 unspecified atom stereocenters. The van der Waals surface area contributed by atoms with Crippen molar-refractivity contribution >= 4 is 29.3 Å². The molecule has 0 aliphatic carbocycles. The molecule has 2 aromatic carbocycles. The van der Waals surface area contributed by atoms with Gasteiger partial charge in [-0.1, -0.05) is 35.9 Å². The molecular formula is C23H25ClN4O4. The average molecular weight is 457 g/mol. The molecule has 0 spiro atoms. The van der Waals surface area contributed by atoms with Crippen molar-refractivity contribution in [1.82, 2.24) is 15.2 Å². The van der Waals surface area contributed by atoms with Crippen molar-refractivity contribution in [2.45, 2.75) is 32.4 Å². The number of benzene rings is 2. The molecule has 0 saturated heterocycles. The van der Waals surface area contributed by atoms with E-state index >= 15 is 0 Å². The Labute approximate surface area is 191 Å². The number of rotatable bonds is 5.